The predicted octanol–water partition coefficient (Wildman–Crippen LogP) is 5.52. The van der Waals surface area contributed by atoms with Gasteiger partial charge in [-0.15, -0.1) is 11.3 Å². The van der Waals surface area contributed by atoms with Crippen LogP contribution in [0.15, 0.2) is 41.8 Å². The molecular formula is C18H19N3OS2. The van der Waals surface area contributed by atoms with Gasteiger partial charge in [-0.3, -0.25) is 4.90 Å². The number of aromatic nitrogens is 1. The van der Waals surface area contributed by atoms with E-state index in [1.165, 1.54) is 21.8 Å². The fraction of sp³-hybridized carbons (Fsp3) is 0.222. The van der Waals surface area contributed by atoms with Crippen LogP contribution in [0.5, 0.6) is 0 Å². The molecule has 2 N–H and O–H groups in total. The normalized spacial score (nSPS) is 11.0. The van der Waals surface area contributed by atoms with E-state index in [0.29, 0.717) is 5.92 Å². The van der Waals surface area contributed by atoms with Crippen molar-refractivity contribution in [1.82, 2.24) is 4.98 Å². The van der Waals surface area contributed by atoms with Crippen LogP contribution in [0.2, 0.25) is 0 Å². The third kappa shape index (κ3) is 3.20. The molecule has 0 spiro atoms. The van der Waals surface area contributed by atoms with Gasteiger partial charge in [-0.25, -0.2) is 9.78 Å². The third-order valence-electron chi connectivity index (χ3n) is 3.75. The Morgan fingerprint density at radius 1 is 1.21 bits per heavy atom. The van der Waals surface area contributed by atoms with E-state index in [1.54, 1.807) is 11.3 Å². The van der Waals surface area contributed by atoms with Crippen LogP contribution in [0.1, 0.15) is 31.0 Å². The van der Waals surface area contributed by atoms with Crippen LogP contribution < -0.4 is 10.6 Å². The summed E-state index contributed by atoms with van der Waals surface area (Å²) in [5.41, 5.74) is 8.45. The minimum atomic E-state index is -0.503. The molecule has 2 amide bonds. The van der Waals surface area contributed by atoms with Crippen LogP contribution in [0, 0.1) is 6.92 Å². The Bertz CT molecular complexity index is 836. The number of hydrogen-bond donors (Lipinski definition) is 1. The molecule has 0 unspecified atom stereocenters. The monoisotopic (exact) mass is 357 g/mol. The van der Waals surface area contributed by atoms with Gasteiger partial charge in [0, 0.05) is 0 Å². The van der Waals surface area contributed by atoms with Crippen molar-refractivity contribution >= 4 is 39.4 Å². The van der Waals surface area contributed by atoms with E-state index in [9.17, 15) is 4.79 Å². The van der Waals surface area contributed by atoms with E-state index in [2.05, 4.69) is 18.8 Å². The van der Waals surface area contributed by atoms with Crippen molar-refractivity contribution in [2.24, 2.45) is 5.73 Å². The highest BCUT2D eigenvalue weighted by Crippen LogP contribution is 2.39. The zero-order valence-corrected chi connectivity index (χ0v) is 15.4. The highest BCUT2D eigenvalue weighted by atomic mass is 32.1. The molecule has 4 nitrogen and oxygen atoms in total. The molecule has 0 saturated heterocycles. The second kappa shape index (κ2) is 6.75. The number of rotatable bonds is 4. The minimum absolute atomic E-state index is 0.441. The lowest BCUT2D eigenvalue weighted by Crippen LogP contribution is -2.31. The van der Waals surface area contributed by atoms with Crippen molar-refractivity contribution in [3.05, 3.63) is 53.0 Å². The van der Waals surface area contributed by atoms with Gasteiger partial charge in [0.2, 0.25) is 0 Å². The number of anilines is 2. The average molecular weight is 358 g/mol. The Morgan fingerprint density at radius 2 is 1.92 bits per heavy atom. The third-order valence-corrected chi connectivity index (χ3v) is 5.93. The van der Waals surface area contributed by atoms with Crippen LogP contribution in [0.25, 0.3) is 9.88 Å². The van der Waals surface area contributed by atoms with E-state index in [1.807, 2.05) is 48.7 Å². The maximum atomic E-state index is 12.1. The first-order valence-electron chi connectivity index (χ1n) is 7.68. The fourth-order valence-corrected chi connectivity index (χ4v) is 4.35. The molecular weight excluding hydrogens is 338 g/mol. The molecule has 6 heteroatoms. The van der Waals surface area contributed by atoms with Crippen molar-refractivity contribution in [2.75, 3.05) is 4.90 Å². The summed E-state index contributed by atoms with van der Waals surface area (Å²) in [5.74, 6) is 0.441. The summed E-state index contributed by atoms with van der Waals surface area (Å²) in [6.45, 7) is 6.18. The molecule has 0 fully saturated rings. The highest BCUT2D eigenvalue weighted by Gasteiger charge is 2.22. The molecule has 3 rings (SSSR count). The van der Waals surface area contributed by atoms with E-state index in [-0.39, 0.29) is 0 Å². The maximum absolute atomic E-state index is 12.1. The van der Waals surface area contributed by atoms with Gasteiger partial charge in [0.15, 0.2) is 0 Å². The zero-order valence-electron chi connectivity index (χ0n) is 13.8. The Labute approximate surface area is 149 Å². The van der Waals surface area contributed by atoms with E-state index in [0.717, 1.165) is 26.3 Å². The van der Waals surface area contributed by atoms with Crippen LogP contribution in [-0.2, 0) is 0 Å². The Balaban J connectivity index is 2.01. The molecule has 3 aromatic rings. The van der Waals surface area contributed by atoms with Crippen LogP contribution in [0.4, 0.5) is 15.5 Å². The molecule has 0 bridgehead atoms. The summed E-state index contributed by atoms with van der Waals surface area (Å²) in [6, 6.07) is 11.5. The van der Waals surface area contributed by atoms with Gasteiger partial charge in [0.25, 0.3) is 0 Å². The standard InChI is InChI=1S/C18H19N3OS2/c1-11(2)13-6-8-14(9-7-13)21(18(19)22)17-12(3)20-16(24-17)15-5-4-10-23-15/h4-11H,1-3H3,(H2,19,22). The molecule has 0 aliphatic carbocycles. The molecule has 0 radical (unpaired) electrons. The van der Waals surface area contributed by atoms with E-state index < -0.39 is 6.03 Å². The number of thiophene rings is 1. The Kier molecular flexibility index (Phi) is 4.69. The summed E-state index contributed by atoms with van der Waals surface area (Å²) in [6.07, 6.45) is 0. The first-order valence-corrected chi connectivity index (χ1v) is 9.38. The summed E-state index contributed by atoms with van der Waals surface area (Å²) in [5, 5.41) is 3.69. The summed E-state index contributed by atoms with van der Waals surface area (Å²) < 4.78 is 0. The second-order valence-corrected chi connectivity index (χ2v) is 7.73. The molecule has 24 heavy (non-hydrogen) atoms. The Hall–Kier alpha value is -2.18. The van der Waals surface area contributed by atoms with Gasteiger partial charge in [0.05, 0.1) is 16.3 Å². The predicted molar refractivity (Wildman–Crippen MR) is 102 cm³/mol. The van der Waals surface area contributed by atoms with E-state index in [4.69, 9.17) is 5.73 Å². The smallest absolute Gasteiger partial charge is 0.324 e. The number of hydrogen-bond acceptors (Lipinski definition) is 4. The molecule has 124 valence electrons. The second-order valence-electron chi connectivity index (χ2n) is 5.81. The van der Waals surface area contributed by atoms with Gasteiger partial charge in [-0.05, 0) is 42.0 Å². The van der Waals surface area contributed by atoms with Crippen molar-refractivity contribution in [1.29, 1.82) is 0 Å². The first-order chi connectivity index (χ1) is 11.5. The quantitative estimate of drug-likeness (QED) is 0.668. The Morgan fingerprint density at radius 3 is 2.46 bits per heavy atom. The molecule has 0 saturated carbocycles. The van der Waals surface area contributed by atoms with Crippen LogP contribution >= 0.6 is 22.7 Å². The number of amides is 2. The van der Waals surface area contributed by atoms with Crippen LogP contribution in [0.3, 0.4) is 0 Å². The number of thiazole rings is 1. The summed E-state index contributed by atoms with van der Waals surface area (Å²) in [7, 11) is 0. The molecule has 1 aromatic carbocycles. The largest absolute Gasteiger partial charge is 0.351 e. The number of aryl methyl sites for hydroxylation is 1. The molecule has 2 heterocycles. The number of nitrogens with zero attached hydrogens (tertiary/aromatic N) is 2. The highest BCUT2D eigenvalue weighted by molar-refractivity contribution is 7.23. The summed E-state index contributed by atoms with van der Waals surface area (Å²) in [4.78, 5) is 19.3. The van der Waals surface area contributed by atoms with Gasteiger partial charge >= 0.3 is 6.03 Å². The lowest BCUT2D eigenvalue weighted by atomic mass is 10.0. The van der Waals surface area contributed by atoms with Crippen molar-refractivity contribution in [3.63, 3.8) is 0 Å². The van der Waals surface area contributed by atoms with Gasteiger partial charge in [-0.2, -0.15) is 0 Å². The van der Waals surface area contributed by atoms with Crippen molar-refractivity contribution < 1.29 is 4.79 Å². The minimum Gasteiger partial charge on any atom is -0.351 e. The SMILES string of the molecule is Cc1nc(-c2cccs2)sc1N(C(N)=O)c1ccc(C(C)C)cc1. The molecule has 0 aliphatic rings. The molecule has 0 aliphatic heterocycles. The zero-order chi connectivity index (χ0) is 17.3. The molecule has 2 aromatic heterocycles. The summed E-state index contributed by atoms with van der Waals surface area (Å²) >= 11 is 3.12. The maximum Gasteiger partial charge on any atom is 0.324 e. The van der Waals surface area contributed by atoms with Crippen LogP contribution in [-0.4, -0.2) is 11.0 Å². The van der Waals surface area contributed by atoms with Crippen molar-refractivity contribution in [3.8, 4) is 9.88 Å². The number of primary amides is 1. The van der Waals surface area contributed by atoms with E-state index >= 15 is 0 Å². The van der Waals surface area contributed by atoms with Crippen molar-refractivity contribution in [2.45, 2.75) is 26.7 Å². The fourth-order valence-electron chi connectivity index (χ4n) is 2.45. The lowest BCUT2D eigenvalue weighted by molar-refractivity contribution is 0.256. The van der Waals surface area contributed by atoms with Gasteiger partial charge in [-0.1, -0.05) is 43.4 Å². The average Bonchev–Trinajstić information content (AvgIpc) is 3.18. The number of urea groups is 1. The van der Waals surface area contributed by atoms with Gasteiger partial charge < -0.3 is 5.73 Å². The topological polar surface area (TPSA) is 59.2 Å². The first kappa shape index (κ1) is 16.7. The molecule has 0 atom stereocenters. The number of carbonyl (C=O) groups is 1. The number of nitrogens with two attached hydrogens (primary N) is 1. The number of benzene rings is 1. The lowest BCUT2D eigenvalue weighted by Gasteiger charge is -2.20. The number of carbonyl (C=O) groups excluding carboxylic acids is 1. The van der Waals surface area contributed by atoms with Gasteiger partial charge in [0.1, 0.15) is 10.0 Å².